The minimum Gasteiger partial charge on any atom is -0.494 e. The second-order valence-electron chi connectivity index (χ2n) is 9.60. The molecule has 8 rings (SSSR count). The van der Waals surface area contributed by atoms with Crippen molar-refractivity contribution in [3.63, 3.8) is 0 Å². The summed E-state index contributed by atoms with van der Waals surface area (Å²) in [5.41, 5.74) is 10.3. The Morgan fingerprint density at radius 1 is 0.683 bits per heavy atom. The monoisotopic (exact) mass is 541 g/mol. The van der Waals surface area contributed by atoms with E-state index < -0.39 is 11.9 Å². The molecule has 10 nitrogen and oxygen atoms in total. The van der Waals surface area contributed by atoms with Gasteiger partial charge in [-0.1, -0.05) is 42.5 Å². The van der Waals surface area contributed by atoms with Crippen molar-refractivity contribution in [2.24, 2.45) is 5.73 Å². The van der Waals surface area contributed by atoms with E-state index in [-0.39, 0.29) is 23.2 Å². The number of fused-ring (bicyclic) bond motifs is 4. The highest BCUT2D eigenvalue weighted by molar-refractivity contribution is 6.06. The van der Waals surface area contributed by atoms with E-state index in [9.17, 15) is 15.0 Å². The molecule has 0 bridgehead atoms. The van der Waals surface area contributed by atoms with E-state index in [0.29, 0.717) is 49.9 Å². The second-order valence-corrected chi connectivity index (χ2v) is 9.60. The maximum absolute atomic E-state index is 12.4. The van der Waals surface area contributed by atoms with Crippen LogP contribution in [0.25, 0.3) is 72.6 Å². The molecule has 0 spiro atoms. The van der Waals surface area contributed by atoms with Crippen LogP contribution in [0.2, 0.25) is 0 Å². The Morgan fingerprint density at radius 3 is 1.90 bits per heavy atom. The normalized spacial score (nSPS) is 11.8. The van der Waals surface area contributed by atoms with Gasteiger partial charge in [-0.25, -0.2) is 19.3 Å². The summed E-state index contributed by atoms with van der Waals surface area (Å²) in [5.74, 6) is -0.0759. The first-order valence-electron chi connectivity index (χ1n) is 12.7. The van der Waals surface area contributed by atoms with Crippen LogP contribution in [0.3, 0.4) is 0 Å². The number of nitrogens with zero attached hydrogens (tertiary/aromatic N) is 4. The van der Waals surface area contributed by atoms with Gasteiger partial charge in [0.2, 0.25) is 23.5 Å². The number of rotatable bonds is 3. The van der Waals surface area contributed by atoms with Crippen molar-refractivity contribution < 1.29 is 23.8 Å². The Hall–Kier alpha value is -6.03. The molecule has 4 aromatic heterocycles. The van der Waals surface area contributed by atoms with Crippen molar-refractivity contribution >= 4 is 50.0 Å². The minimum absolute atomic E-state index is 0.0842. The quantitative estimate of drug-likeness (QED) is 0.230. The van der Waals surface area contributed by atoms with Crippen molar-refractivity contribution in [2.75, 3.05) is 0 Å². The van der Waals surface area contributed by atoms with Crippen molar-refractivity contribution in [1.29, 1.82) is 0 Å². The Balaban J connectivity index is 1.40. The number of oxazole rings is 2. The topological polar surface area (TPSA) is 145 Å². The third-order valence-electron chi connectivity index (χ3n) is 7.27. The van der Waals surface area contributed by atoms with Crippen LogP contribution in [0.1, 0.15) is 0 Å². The molecule has 41 heavy (non-hydrogen) atoms. The predicted octanol–water partition coefficient (Wildman–Crippen LogP) is 6.54. The van der Waals surface area contributed by atoms with E-state index in [1.54, 1.807) is 34.9 Å². The van der Waals surface area contributed by atoms with Gasteiger partial charge in [-0.3, -0.25) is 4.57 Å². The summed E-state index contributed by atoms with van der Waals surface area (Å²) < 4.78 is 14.6. The summed E-state index contributed by atoms with van der Waals surface area (Å²) in [5, 5.41) is 24.0. The number of para-hydroxylation sites is 5. The van der Waals surface area contributed by atoms with Gasteiger partial charge in [-0.15, -0.1) is 0 Å². The highest BCUT2D eigenvalue weighted by Gasteiger charge is 2.27. The van der Waals surface area contributed by atoms with Crippen LogP contribution in [0.5, 0.6) is 11.8 Å². The number of benzene rings is 4. The summed E-state index contributed by atoms with van der Waals surface area (Å²) in [7, 11) is 0. The first kappa shape index (κ1) is 22.9. The lowest BCUT2D eigenvalue weighted by molar-refractivity contribution is 0.248. The van der Waals surface area contributed by atoms with Gasteiger partial charge in [0.15, 0.2) is 11.2 Å². The SMILES string of the molecule is NC(=O)n1c(O)c(-c2nc3ccccc3o2)c2cc(-n3c(O)c(-c4nc5ccccc5o4)c4ccccc43)ccc21. The minimum atomic E-state index is -0.866. The van der Waals surface area contributed by atoms with Crippen LogP contribution < -0.4 is 5.73 Å². The van der Waals surface area contributed by atoms with Gasteiger partial charge in [-0.2, -0.15) is 0 Å². The van der Waals surface area contributed by atoms with Crippen LogP contribution in [-0.2, 0) is 0 Å². The molecule has 4 aromatic carbocycles. The standard InChI is InChI=1S/C31H19N5O5/c32-31(39)36-22-14-13-16(15-18(22)26(30(36)38)28-34-20-9-3-6-12-24(20)41-28)35-21-10-4-1-7-17(21)25(29(35)37)27-33-19-8-2-5-11-23(19)40-27/h1-15,37-38H,(H2,32,39). The number of hydrogen-bond donors (Lipinski definition) is 3. The zero-order chi connectivity index (χ0) is 27.8. The Labute approximate surface area is 230 Å². The summed E-state index contributed by atoms with van der Waals surface area (Å²) in [6.45, 7) is 0. The number of carbonyl (C=O) groups is 1. The Bertz CT molecular complexity index is 2270. The molecule has 0 saturated carbocycles. The van der Waals surface area contributed by atoms with Gasteiger partial charge < -0.3 is 24.8 Å². The number of primary amides is 1. The Morgan fingerprint density at radius 2 is 1.27 bits per heavy atom. The molecule has 4 heterocycles. The fourth-order valence-electron chi connectivity index (χ4n) is 5.50. The lowest BCUT2D eigenvalue weighted by atomic mass is 10.1. The summed E-state index contributed by atoms with van der Waals surface area (Å²) in [6, 6.07) is 26.3. The molecule has 8 aromatic rings. The second kappa shape index (κ2) is 8.23. The van der Waals surface area contributed by atoms with E-state index in [1.165, 1.54) is 0 Å². The van der Waals surface area contributed by atoms with Crippen LogP contribution in [-0.4, -0.2) is 35.3 Å². The van der Waals surface area contributed by atoms with Crippen LogP contribution in [0, 0.1) is 0 Å². The van der Waals surface area contributed by atoms with Crippen molar-refractivity contribution in [1.82, 2.24) is 19.1 Å². The summed E-state index contributed by atoms with van der Waals surface area (Å²) in [4.78, 5) is 21.5. The lowest BCUT2D eigenvalue weighted by Gasteiger charge is -2.08. The molecule has 0 aliphatic heterocycles. The number of hydrogen-bond acceptors (Lipinski definition) is 7. The third kappa shape index (κ3) is 3.21. The third-order valence-corrected chi connectivity index (χ3v) is 7.27. The average molecular weight is 542 g/mol. The van der Waals surface area contributed by atoms with E-state index in [4.69, 9.17) is 14.6 Å². The zero-order valence-electron chi connectivity index (χ0n) is 21.1. The molecule has 0 saturated heterocycles. The first-order chi connectivity index (χ1) is 20.0. The highest BCUT2D eigenvalue weighted by Crippen LogP contribution is 2.44. The summed E-state index contributed by atoms with van der Waals surface area (Å²) >= 11 is 0. The fourth-order valence-corrected chi connectivity index (χ4v) is 5.50. The van der Waals surface area contributed by atoms with Crippen molar-refractivity contribution in [2.45, 2.75) is 0 Å². The fraction of sp³-hybridized carbons (Fsp3) is 0. The zero-order valence-corrected chi connectivity index (χ0v) is 21.1. The molecule has 0 unspecified atom stereocenters. The molecular formula is C31H19N5O5. The van der Waals surface area contributed by atoms with E-state index in [1.807, 2.05) is 60.7 Å². The number of carbonyl (C=O) groups excluding carboxylic acids is 1. The molecule has 0 radical (unpaired) electrons. The predicted molar refractivity (Wildman–Crippen MR) is 153 cm³/mol. The molecule has 198 valence electrons. The van der Waals surface area contributed by atoms with Gasteiger partial charge >= 0.3 is 6.03 Å². The van der Waals surface area contributed by atoms with E-state index in [0.717, 1.165) is 9.95 Å². The summed E-state index contributed by atoms with van der Waals surface area (Å²) in [6.07, 6.45) is 0. The van der Waals surface area contributed by atoms with Crippen LogP contribution in [0.4, 0.5) is 4.79 Å². The molecule has 10 heteroatoms. The van der Waals surface area contributed by atoms with Crippen LogP contribution in [0.15, 0.2) is 99.8 Å². The van der Waals surface area contributed by atoms with Gasteiger partial charge in [-0.05, 0) is 48.5 Å². The molecular weight excluding hydrogens is 522 g/mol. The van der Waals surface area contributed by atoms with E-state index in [2.05, 4.69) is 9.97 Å². The molecule has 0 aliphatic rings. The van der Waals surface area contributed by atoms with Gasteiger partial charge in [0.1, 0.15) is 22.2 Å². The molecule has 0 aliphatic carbocycles. The Kier molecular flexibility index (Phi) is 4.60. The molecule has 4 N–H and O–H groups in total. The number of nitrogens with two attached hydrogens (primary N) is 1. The first-order valence-corrected chi connectivity index (χ1v) is 12.7. The van der Waals surface area contributed by atoms with E-state index >= 15 is 0 Å². The lowest BCUT2D eigenvalue weighted by Crippen LogP contribution is -2.18. The average Bonchev–Trinajstić information content (AvgIpc) is 3.71. The van der Waals surface area contributed by atoms with Gasteiger partial charge in [0.25, 0.3) is 0 Å². The van der Waals surface area contributed by atoms with Crippen LogP contribution >= 0.6 is 0 Å². The molecule has 1 amide bonds. The van der Waals surface area contributed by atoms with Gasteiger partial charge in [0, 0.05) is 16.5 Å². The maximum atomic E-state index is 12.4. The maximum Gasteiger partial charge on any atom is 0.326 e. The highest BCUT2D eigenvalue weighted by atomic mass is 16.4. The number of aromatic hydroxyl groups is 2. The van der Waals surface area contributed by atoms with Gasteiger partial charge in [0.05, 0.1) is 11.0 Å². The molecule has 0 atom stereocenters. The largest absolute Gasteiger partial charge is 0.494 e. The van der Waals surface area contributed by atoms with Crippen molar-refractivity contribution in [3.8, 4) is 40.4 Å². The van der Waals surface area contributed by atoms with Crippen molar-refractivity contribution in [3.05, 3.63) is 91.0 Å². The number of amides is 1. The smallest absolute Gasteiger partial charge is 0.326 e. The molecule has 0 fully saturated rings. The number of aromatic nitrogens is 4.